The highest BCUT2D eigenvalue weighted by molar-refractivity contribution is 6.07. The fraction of sp³-hybridized carbons (Fsp3) is 0.400. The predicted octanol–water partition coefficient (Wildman–Crippen LogP) is 6.15. The number of allylic oxidation sites excluding steroid dienone is 1. The minimum atomic E-state index is -0.0560. The summed E-state index contributed by atoms with van der Waals surface area (Å²) in [6, 6.07) is 11.5. The van der Waals surface area contributed by atoms with Gasteiger partial charge in [-0.1, -0.05) is 19.4 Å². The normalized spacial score (nSPS) is 11.3. The summed E-state index contributed by atoms with van der Waals surface area (Å²) < 4.78 is 12.2. The van der Waals surface area contributed by atoms with Crippen molar-refractivity contribution >= 4 is 17.5 Å². The number of carbonyl (C=O) groups is 1. The van der Waals surface area contributed by atoms with Crippen LogP contribution in [0.2, 0.25) is 0 Å². The van der Waals surface area contributed by atoms with E-state index in [-0.39, 0.29) is 18.0 Å². The number of carbonyl (C=O) groups excluding carboxylic acids is 1. The SMILES string of the molecule is CCCc1ccc(OC(C)C)c(C=CC(=O)c2ccc(NC)cc2)c1OC(C)C. The Morgan fingerprint density at radius 3 is 2.21 bits per heavy atom. The van der Waals surface area contributed by atoms with Gasteiger partial charge >= 0.3 is 0 Å². The van der Waals surface area contributed by atoms with E-state index in [4.69, 9.17) is 9.47 Å². The van der Waals surface area contributed by atoms with Gasteiger partial charge in [-0.05, 0) is 82.2 Å². The van der Waals surface area contributed by atoms with E-state index in [1.807, 2.05) is 71.2 Å². The lowest BCUT2D eigenvalue weighted by Gasteiger charge is -2.21. The van der Waals surface area contributed by atoms with Crippen LogP contribution in [0.4, 0.5) is 5.69 Å². The van der Waals surface area contributed by atoms with E-state index < -0.39 is 0 Å². The van der Waals surface area contributed by atoms with E-state index in [0.717, 1.165) is 41.2 Å². The summed E-state index contributed by atoms with van der Waals surface area (Å²) in [5, 5.41) is 3.06. The van der Waals surface area contributed by atoms with E-state index in [1.54, 1.807) is 6.08 Å². The van der Waals surface area contributed by atoms with Gasteiger partial charge in [0.25, 0.3) is 0 Å². The first-order valence-electron chi connectivity index (χ1n) is 10.3. The Morgan fingerprint density at radius 1 is 1.00 bits per heavy atom. The quantitative estimate of drug-likeness (QED) is 0.387. The lowest BCUT2D eigenvalue weighted by atomic mass is 10.0. The van der Waals surface area contributed by atoms with E-state index in [2.05, 4.69) is 18.3 Å². The molecule has 0 aromatic heterocycles. The minimum absolute atomic E-state index is 0.0239. The molecule has 0 bridgehead atoms. The van der Waals surface area contributed by atoms with Crippen LogP contribution in [0.25, 0.3) is 6.08 Å². The van der Waals surface area contributed by atoms with Crippen LogP contribution < -0.4 is 14.8 Å². The summed E-state index contributed by atoms with van der Waals surface area (Å²) in [5.74, 6) is 1.47. The highest BCUT2D eigenvalue weighted by atomic mass is 16.5. The first kappa shape index (κ1) is 22.5. The van der Waals surface area contributed by atoms with Gasteiger partial charge in [0, 0.05) is 18.3 Å². The molecule has 2 aromatic rings. The molecule has 0 atom stereocenters. The van der Waals surface area contributed by atoms with Crippen molar-refractivity contribution in [1.82, 2.24) is 0 Å². The summed E-state index contributed by atoms with van der Waals surface area (Å²) in [5.41, 5.74) is 3.56. The third-order valence-corrected chi connectivity index (χ3v) is 4.33. The molecule has 2 aromatic carbocycles. The summed E-state index contributed by atoms with van der Waals surface area (Å²) in [7, 11) is 1.85. The van der Waals surface area contributed by atoms with Crippen LogP contribution in [0.3, 0.4) is 0 Å². The van der Waals surface area contributed by atoms with E-state index >= 15 is 0 Å². The fourth-order valence-electron chi connectivity index (χ4n) is 3.04. The van der Waals surface area contributed by atoms with Gasteiger partial charge in [0.15, 0.2) is 5.78 Å². The molecular formula is C25H33NO3. The predicted molar refractivity (Wildman–Crippen MR) is 121 cm³/mol. The Labute approximate surface area is 174 Å². The van der Waals surface area contributed by atoms with E-state index in [0.29, 0.717) is 5.56 Å². The molecule has 0 unspecified atom stereocenters. The maximum absolute atomic E-state index is 12.7. The zero-order valence-corrected chi connectivity index (χ0v) is 18.4. The number of hydrogen-bond donors (Lipinski definition) is 1. The van der Waals surface area contributed by atoms with Gasteiger partial charge in [-0.2, -0.15) is 0 Å². The molecule has 0 aliphatic heterocycles. The van der Waals surface area contributed by atoms with Gasteiger partial charge in [-0.25, -0.2) is 0 Å². The first-order chi connectivity index (χ1) is 13.8. The Kier molecular flexibility index (Phi) is 8.32. The van der Waals surface area contributed by atoms with Gasteiger partial charge in [-0.15, -0.1) is 0 Å². The standard InChI is InChI=1S/C25H33NO3/c1-7-8-20-11-16-24(28-17(2)3)22(25(20)29-18(4)5)14-15-23(27)19-9-12-21(26-6)13-10-19/h9-18,26H,7-8H2,1-6H3. The highest BCUT2D eigenvalue weighted by Crippen LogP contribution is 2.36. The number of nitrogens with one attached hydrogen (secondary N) is 1. The molecule has 4 nitrogen and oxygen atoms in total. The maximum atomic E-state index is 12.7. The van der Waals surface area contributed by atoms with Crippen molar-refractivity contribution < 1.29 is 14.3 Å². The number of rotatable bonds is 10. The lowest BCUT2D eigenvalue weighted by Crippen LogP contribution is -2.12. The van der Waals surface area contributed by atoms with Crippen LogP contribution in [0, 0.1) is 0 Å². The molecule has 156 valence electrons. The molecule has 0 saturated heterocycles. The molecule has 0 heterocycles. The monoisotopic (exact) mass is 395 g/mol. The molecular weight excluding hydrogens is 362 g/mol. The number of aryl methyl sites for hydroxylation is 1. The van der Waals surface area contributed by atoms with Gasteiger partial charge < -0.3 is 14.8 Å². The zero-order chi connectivity index (χ0) is 21.4. The maximum Gasteiger partial charge on any atom is 0.185 e. The second-order valence-electron chi connectivity index (χ2n) is 7.57. The second-order valence-corrected chi connectivity index (χ2v) is 7.57. The van der Waals surface area contributed by atoms with Crippen LogP contribution >= 0.6 is 0 Å². The van der Waals surface area contributed by atoms with Gasteiger partial charge in [0.1, 0.15) is 11.5 Å². The van der Waals surface area contributed by atoms with Crippen molar-refractivity contribution in [3.8, 4) is 11.5 Å². The molecule has 29 heavy (non-hydrogen) atoms. The summed E-state index contributed by atoms with van der Waals surface area (Å²) >= 11 is 0. The fourth-order valence-corrected chi connectivity index (χ4v) is 3.04. The van der Waals surface area contributed by atoms with E-state index in [9.17, 15) is 4.79 Å². The smallest absolute Gasteiger partial charge is 0.185 e. The van der Waals surface area contributed by atoms with Crippen molar-refractivity contribution in [1.29, 1.82) is 0 Å². The number of hydrogen-bond acceptors (Lipinski definition) is 4. The largest absolute Gasteiger partial charge is 0.490 e. The number of benzene rings is 2. The third kappa shape index (κ3) is 6.38. The summed E-state index contributed by atoms with van der Waals surface area (Å²) in [6.07, 6.45) is 5.39. The third-order valence-electron chi connectivity index (χ3n) is 4.33. The molecule has 0 radical (unpaired) electrons. The Balaban J connectivity index is 2.46. The van der Waals surface area contributed by atoms with Crippen molar-refractivity contribution in [2.24, 2.45) is 0 Å². The average molecular weight is 396 g/mol. The molecule has 4 heteroatoms. The number of ketones is 1. The molecule has 0 fully saturated rings. The van der Waals surface area contributed by atoms with Gasteiger partial charge in [0.05, 0.1) is 17.8 Å². The van der Waals surface area contributed by atoms with Crippen LogP contribution in [-0.4, -0.2) is 25.0 Å². The van der Waals surface area contributed by atoms with Crippen molar-refractivity contribution in [2.45, 2.75) is 59.7 Å². The molecule has 0 aliphatic carbocycles. The lowest BCUT2D eigenvalue weighted by molar-refractivity contribution is 0.104. The van der Waals surface area contributed by atoms with Crippen molar-refractivity contribution in [2.75, 3.05) is 12.4 Å². The van der Waals surface area contributed by atoms with Gasteiger partial charge in [-0.3, -0.25) is 4.79 Å². The Bertz CT molecular complexity index is 836. The van der Waals surface area contributed by atoms with E-state index in [1.165, 1.54) is 0 Å². The number of ether oxygens (including phenoxy) is 2. The van der Waals surface area contributed by atoms with Crippen molar-refractivity contribution in [3.63, 3.8) is 0 Å². The van der Waals surface area contributed by atoms with Crippen LogP contribution in [0.15, 0.2) is 42.5 Å². The van der Waals surface area contributed by atoms with Gasteiger partial charge in [0.2, 0.25) is 0 Å². The molecule has 0 aliphatic rings. The Morgan fingerprint density at radius 2 is 1.66 bits per heavy atom. The van der Waals surface area contributed by atoms with Crippen molar-refractivity contribution in [3.05, 3.63) is 59.2 Å². The zero-order valence-electron chi connectivity index (χ0n) is 18.4. The molecule has 0 spiro atoms. The van der Waals surface area contributed by atoms with Crippen LogP contribution in [0.1, 0.15) is 62.5 Å². The highest BCUT2D eigenvalue weighted by Gasteiger charge is 2.16. The average Bonchev–Trinajstić information content (AvgIpc) is 2.68. The second kappa shape index (κ2) is 10.7. The molecule has 0 saturated carbocycles. The Hall–Kier alpha value is -2.75. The first-order valence-corrected chi connectivity index (χ1v) is 10.3. The summed E-state index contributed by atoms with van der Waals surface area (Å²) in [6.45, 7) is 10.1. The minimum Gasteiger partial charge on any atom is -0.490 e. The molecule has 1 N–H and O–H groups in total. The number of anilines is 1. The molecule has 2 rings (SSSR count). The topological polar surface area (TPSA) is 47.6 Å². The molecule has 0 amide bonds. The summed E-state index contributed by atoms with van der Waals surface area (Å²) in [4.78, 5) is 12.7. The van der Waals surface area contributed by atoms with Crippen LogP contribution in [0.5, 0.6) is 11.5 Å². The van der Waals surface area contributed by atoms with Crippen LogP contribution in [-0.2, 0) is 6.42 Å².